The van der Waals surface area contributed by atoms with E-state index in [4.69, 9.17) is 6.42 Å². The summed E-state index contributed by atoms with van der Waals surface area (Å²) in [6, 6.07) is 7.30. The van der Waals surface area contributed by atoms with Gasteiger partial charge in [0.05, 0.1) is 18.8 Å². The van der Waals surface area contributed by atoms with Crippen LogP contribution < -0.4 is 5.32 Å². The highest BCUT2D eigenvalue weighted by Gasteiger charge is 2.25. The molecule has 1 rings (SSSR count). The van der Waals surface area contributed by atoms with Gasteiger partial charge in [-0.25, -0.2) is 8.42 Å². The number of benzene rings is 1. The smallest absolute Gasteiger partial charge is 0.241 e. The number of carbonyl (C=O) groups is 2. The fourth-order valence-corrected chi connectivity index (χ4v) is 3.55. The van der Waals surface area contributed by atoms with Crippen molar-refractivity contribution in [3.05, 3.63) is 35.4 Å². The van der Waals surface area contributed by atoms with Crippen molar-refractivity contribution < 1.29 is 18.0 Å². The van der Waals surface area contributed by atoms with Gasteiger partial charge in [0.2, 0.25) is 21.8 Å². The lowest BCUT2D eigenvalue weighted by Gasteiger charge is -2.21. The van der Waals surface area contributed by atoms with Crippen LogP contribution in [0.15, 0.2) is 24.3 Å². The van der Waals surface area contributed by atoms with Crippen LogP contribution in [0.5, 0.6) is 0 Å². The topological polar surface area (TPSA) is 83.6 Å². The van der Waals surface area contributed by atoms with Crippen LogP contribution in [-0.2, 0) is 30.8 Å². The molecule has 1 aromatic carbocycles. The van der Waals surface area contributed by atoms with E-state index in [9.17, 15) is 18.0 Å². The molecule has 0 radical (unpaired) electrons. The van der Waals surface area contributed by atoms with Gasteiger partial charge in [-0.3, -0.25) is 14.9 Å². The Morgan fingerprint density at radius 1 is 1.28 bits per heavy atom. The Balaban J connectivity index is 3.02. The minimum absolute atomic E-state index is 0.111. The number of nitrogens with one attached hydrogen (secondary N) is 1. The molecule has 0 aliphatic carbocycles. The molecule has 2 amide bonds. The quantitative estimate of drug-likeness (QED) is 0.774. The number of nitrogens with zero attached hydrogens (tertiary/aromatic N) is 1. The first-order chi connectivity index (χ1) is 11.5. The molecule has 0 fully saturated rings. The van der Waals surface area contributed by atoms with E-state index in [0.717, 1.165) is 9.87 Å². The van der Waals surface area contributed by atoms with Crippen molar-refractivity contribution in [1.29, 1.82) is 0 Å². The number of terminal acetylenes is 1. The molecule has 0 bridgehead atoms. The van der Waals surface area contributed by atoms with E-state index >= 15 is 0 Å². The molecule has 0 saturated heterocycles. The van der Waals surface area contributed by atoms with Crippen LogP contribution in [-0.4, -0.2) is 37.6 Å². The number of carbonyl (C=O) groups excluding carboxylic acids is 2. The lowest BCUT2D eigenvalue weighted by molar-refractivity contribution is -0.129. The normalized spacial score (nSPS) is 11.8. The van der Waals surface area contributed by atoms with Crippen LogP contribution >= 0.6 is 0 Å². The second-order valence-electron chi connectivity index (χ2n) is 6.78. The number of hydrogen-bond acceptors (Lipinski definition) is 4. The Morgan fingerprint density at radius 2 is 1.92 bits per heavy atom. The first-order valence-corrected chi connectivity index (χ1v) is 9.38. The van der Waals surface area contributed by atoms with E-state index in [0.29, 0.717) is 5.56 Å². The van der Waals surface area contributed by atoms with Crippen molar-refractivity contribution in [3.63, 3.8) is 0 Å². The predicted molar refractivity (Wildman–Crippen MR) is 97.0 cm³/mol. The Hall–Kier alpha value is -2.17. The van der Waals surface area contributed by atoms with Gasteiger partial charge in [0, 0.05) is 6.92 Å². The minimum atomic E-state index is -3.81. The third-order valence-corrected chi connectivity index (χ3v) is 5.18. The molecule has 0 atom stereocenters. The minimum Gasteiger partial charge on any atom is -0.296 e. The van der Waals surface area contributed by atoms with Gasteiger partial charge in [-0.1, -0.05) is 51.0 Å². The maximum absolute atomic E-state index is 12.6. The third-order valence-electron chi connectivity index (χ3n) is 3.44. The van der Waals surface area contributed by atoms with Gasteiger partial charge >= 0.3 is 0 Å². The monoisotopic (exact) mass is 364 g/mol. The summed E-state index contributed by atoms with van der Waals surface area (Å²) in [6.45, 7) is 6.56. The molecular formula is C18H24N2O4S. The molecule has 0 unspecified atom stereocenters. The lowest BCUT2D eigenvalue weighted by Crippen LogP contribution is -2.42. The number of amides is 2. The molecule has 1 aromatic rings. The van der Waals surface area contributed by atoms with Crippen LogP contribution in [0.1, 0.15) is 38.8 Å². The van der Waals surface area contributed by atoms with Gasteiger partial charge in [-0.2, -0.15) is 4.31 Å². The Bertz CT molecular complexity index is 786. The van der Waals surface area contributed by atoms with Gasteiger partial charge in [-0.15, -0.1) is 6.42 Å². The van der Waals surface area contributed by atoms with Crippen LogP contribution in [0.4, 0.5) is 0 Å². The molecule has 136 valence electrons. The lowest BCUT2D eigenvalue weighted by atomic mass is 9.86. The summed E-state index contributed by atoms with van der Waals surface area (Å²) in [5.41, 5.74) is 1.51. The number of hydrogen-bond donors (Lipinski definition) is 1. The summed E-state index contributed by atoms with van der Waals surface area (Å²) in [6.07, 6.45) is 5.22. The Labute approximate surface area is 149 Å². The Morgan fingerprint density at radius 3 is 2.44 bits per heavy atom. The van der Waals surface area contributed by atoms with Gasteiger partial charge in [0.25, 0.3) is 0 Å². The summed E-state index contributed by atoms with van der Waals surface area (Å²) >= 11 is 0. The highest BCUT2D eigenvalue weighted by molar-refractivity contribution is 7.88. The van der Waals surface area contributed by atoms with E-state index in [1.807, 2.05) is 38.2 Å². The average molecular weight is 364 g/mol. The standard InChI is InChI=1S/C18H24N2O4S/c1-6-10-20(12-17(22)19-14(2)21)25(23,24)13-15-8-7-9-16(11-15)18(3,4)5/h1,7-9,11H,10,12-13H2,2-5H3,(H,19,21,22). The Kier molecular flexibility index (Phi) is 6.91. The fraction of sp³-hybridized carbons (Fsp3) is 0.444. The van der Waals surface area contributed by atoms with Gasteiger partial charge < -0.3 is 0 Å². The van der Waals surface area contributed by atoms with Crippen molar-refractivity contribution in [1.82, 2.24) is 9.62 Å². The average Bonchev–Trinajstić information content (AvgIpc) is 2.45. The van der Waals surface area contributed by atoms with Crippen LogP contribution in [0.3, 0.4) is 0 Å². The largest absolute Gasteiger partial charge is 0.296 e. The molecule has 0 saturated carbocycles. The van der Waals surface area contributed by atoms with E-state index in [2.05, 4.69) is 5.92 Å². The molecule has 0 aromatic heterocycles. The van der Waals surface area contributed by atoms with Crippen molar-refractivity contribution in [2.45, 2.75) is 38.9 Å². The van der Waals surface area contributed by atoms with Crippen LogP contribution in [0.2, 0.25) is 0 Å². The summed E-state index contributed by atoms with van der Waals surface area (Å²) in [7, 11) is -3.81. The molecule has 0 aliphatic heterocycles. The number of rotatable bonds is 6. The molecule has 25 heavy (non-hydrogen) atoms. The van der Waals surface area contributed by atoms with Crippen molar-refractivity contribution in [2.24, 2.45) is 0 Å². The zero-order valence-electron chi connectivity index (χ0n) is 15.0. The first kappa shape index (κ1) is 20.9. The van der Waals surface area contributed by atoms with Gasteiger partial charge in [-0.05, 0) is 16.5 Å². The summed E-state index contributed by atoms with van der Waals surface area (Å²) in [5, 5.41) is 2.04. The number of sulfonamides is 1. The SMILES string of the molecule is C#CCN(CC(=O)NC(C)=O)S(=O)(=O)Cc1cccc(C(C)(C)C)c1. The third kappa shape index (κ3) is 6.69. The molecule has 0 spiro atoms. The summed E-state index contributed by atoms with van der Waals surface area (Å²) < 4.78 is 26.2. The van der Waals surface area contributed by atoms with E-state index in [-0.39, 0.29) is 17.7 Å². The highest BCUT2D eigenvalue weighted by Crippen LogP contribution is 2.23. The van der Waals surface area contributed by atoms with Crippen LogP contribution in [0, 0.1) is 12.3 Å². The molecule has 0 aliphatic rings. The second-order valence-corrected chi connectivity index (χ2v) is 8.75. The zero-order chi connectivity index (χ0) is 19.3. The molecule has 0 heterocycles. The number of imide groups is 1. The van der Waals surface area contributed by atoms with Crippen molar-refractivity contribution in [2.75, 3.05) is 13.1 Å². The van der Waals surface area contributed by atoms with Crippen LogP contribution in [0.25, 0.3) is 0 Å². The fourth-order valence-electron chi connectivity index (χ4n) is 2.18. The maximum atomic E-state index is 12.6. The molecule has 1 N–H and O–H groups in total. The van der Waals surface area contributed by atoms with E-state index in [1.165, 1.54) is 6.92 Å². The summed E-state index contributed by atoms with van der Waals surface area (Å²) in [4.78, 5) is 22.6. The predicted octanol–water partition coefficient (Wildman–Crippen LogP) is 1.41. The van der Waals surface area contributed by atoms with Gasteiger partial charge in [0.15, 0.2) is 0 Å². The van der Waals surface area contributed by atoms with Crippen molar-refractivity contribution >= 4 is 21.8 Å². The highest BCUT2D eigenvalue weighted by atomic mass is 32.2. The molecule has 7 heteroatoms. The van der Waals surface area contributed by atoms with E-state index < -0.39 is 28.4 Å². The van der Waals surface area contributed by atoms with E-state index in [1.54, 1.807) is 12.1 Å². The second kappa shape index (κ2) is 8.28. The summed E-state index contributed by atoms with van der Waals surface area (Å²) in [5.74, 6) is 0.696. The van der Waals surface area contributed by atoms with Crippen molar-refractivity contribution in [3.8, 4) is 12.3 Å². The molecule has 6 nitrogen and oxygen atoms in total. The maximum Gasteiger partial charge on any atom is 0.241 e. The first-order valence-electron chi connectivity index (χ1n) is 7.77. The zero-order valence-corrected chi connectivity index (χ0v) is 15.8. The van der Waals surface area contributed by atoms with Gasteiger partial charge in [0.1, 0.15) is 0 Å². The molecular weight excluding hydrogens is 340 g/mol.